The smallest absolute Gasteiger partial charge is 0.259 e. The van der Waals surface area contributed by atoms with Crippen molar-refractivity contribution in [1.82, 2.24) is 9.88 Å². The van der Waals surface area contributed by atoms with Gasteiger partial charge in [0.2, 0.25) is 0 Å². The van der Waals surface area contributed by atoms with E-state index < -0.39 is 0 Å². The molecular weight excluding hydrogens is 244 g/mol. The Morgan fingerprint density at radius 2 is 2.11 bits per heavy atom. The van der Waals surface area contributed by atoms with Crippen LogP contribution in [0.15, 0.2) is 33.6 Å². The number of carbonyl (C=O) groups is 1. The highest BCUT2D eigenvalue weighted by Crippen LogP contribution is 2.10. The average Bonchev–Trinajstić information content (AvgIpc) is 2.74. The molecule has 0 fully saturated rings. The van der Waals surface area contributed by atoms with Crippen molar-refractivity contribution in [3.8, 4) is 0 Å². The van der Waals surface area contributed by atoms with E-state index in [-0.39, 0.29) is 16.9 Å². The van der Waals surface area contributed by atoms with Gasteiger partial charge in [0, 0.05) is 25.0 Å². The van der Waals surface area contributed by atoms with Gasteiger partial charge in [0.05, 0.1) is 6.54 Å². The molecule has 0 bridgehead atoms. The summed E-state index contributed by atoms with van der Waals surface area (Å²) >= 11 is 0. The summed E-state index contributed by atoms with van der Waals surface area (Å²) in [4.78, 5) is 28.2. The third-order valence-corrected chi connectivity index (χ3v) is 2.82. The fraction of sp³-hybridized carbons (Fsp3) is 0.286. The summed E-state index contributed by atoms with van der Waals surface area (Å²) in [5.74, 6) is 1.16. The second-order valence-corrected chi connectivity index (χ2v) is 4.57. The number of nitrogens with one attached hydrogen (secondary N) is 1. The van der Waals surface area contributed by atoms with Gasteiger partial charge < -0.3 is 14.3 Å². The van der Waals surface area contributed by atoms with Gasteiger partial charge in [0.25, 0.3) is 5.91 Å². The summed E-state index contributed by atoms with van der Waals surface area (Å²) in [5, 5.41) is 0. The van der Waals surface area contributed by atoms with Crippen molar-refractivity contribution >= 4 is 5.91 Å². The number of pyridine rings is 1. The van der Waals surface area contributed by atoms with Crippen molar-refractivity contribution in [2.24, 2.45) is 0 Å². The number of carbonyl (C=O) groups excluding carboxylic acids is 1. The van der Waals surface area contributed by atoms with Gasteiger partial charge in [-0.3, -0.25) is 9.59 Å². The molecule has 0 aliphatic carbocycles. The van der Waals surface area contributed by atoms with Crippen molar-refractivity contribution in [2.75, 3.05) is 7.05 Å². The molecule has 0 aliphatic rings. The lowest BCUT2D eigenvalue weighted by Gasteiger charge is -2.15. The highest BCUT2D eigenvalue weighted by Gasteiger charge is 2.16. The molecule has 0 atom stereocenters. The van der Waals surface area contributed by atoms with Crippen LogP contribution < -0.4 is 5.43 Å². The molecule has 2 rings (SSSR count). The average molecular weight is 260 g/mol. The van der Waals surface area contributed by atoms with Crippen LogP contribution in [-0.2, 0) is 6.54 Å². The predicted octanol–water partition coefficient (Wildman–Crippen LogP) is 1.86. The fourth-order valence-corrected chi connectivity index (χ4v) is 1.82. The molecule has 0 radical (unpaired) electrons. The molecule has 0 saturated heterocycles. The van der Waals surface area contributed by atoms with Crippen LogP contribution in [0.1, 0.15) is 27.6 Å². The van der Waals surface area contributed by atoms with E-state index >= 15 is 0 Å². The van der Waals surface area contributed by atoms with Gasteiger partial charge in [-0.25, -0.2) is 0 Å². The molecule has 1 N–H and O–H groups in total. The van der Waals surface area contributed by atoms with Crippen LogP contribution in [0.2, 0.25) is 0 Å². The Morgan fingerprint density at radius 3 is 2.68 bits per heavy atom. The summed E-state index contributed by atoms with van der Waals surface area (Å²) < 4.78 is 5.41. The van der Waals surface area contributed by atoms with Gasteiger partial charge in [-0.1, -0.05) is 0 Å². The van der Waals surface area contributed by atoms with Crippen molar-refractivity contribution in [1.29, 1.82) is 0 Å². The molecule has 19 heavy (non-hydrogen) atoms. The first-order valence-corrected chi connectivity index (χ1v) is 5.97. The van der Waals surface area contributed by atoms with Gasteiger partial charge >= 0.3 is 0 Å². The zero-order valence-corrected chi connectivity index (χ0v) is 11.2. The number of rotatable bonds is 3. The Kier molecular flexibility index (Phi) is 3.55. The van der Waals surface area contributed by atoms with E-state index in [0.717, 1.165) is 11.5 Å². The molecule has 0 saturated carbocycles. The number of nitrogens with zero attached hydrogens (tertiary/aromatic N) is 1. The molecule has 0 aliphatic heterocycles. The summed E-state index contributed by atoms with van der Waals surface area (Å²) in [6.45, 7) is 3.95. The fourth-order valence-electron chi connectivity index (χ4n) is 1.82. The maximum Gasteiger partial charge on any atom is 0.259 e. The molecule has 0 aromatic carbocycles. The minimum atomic E-state index is -0.324. The van der Waals surface area contributed by atoms with Crippen LogP contribution >= 0.6 is 0 Å². The number of hydrogen-bond donors (Lipinski definition) is 1. The van der Waals surface area contributed by atoms with E-state index in [2.05, 4.69) is 4.98 Å². The SMILES string of the molecule is Cc1cc(=O)c(C(=O)N(C)Cc2ccc(C)o2)c[nH]1. The van der Waals surface area contributed by atoms with Crippen molar-refractivity contribution in [3.63, 3.8) is 0 Å². The lowest BCUT2D eigenvalue weighted by Crippen LogP contribution is -2.30. The monoisotopic (exact) mass is 260 g/mol. The zero-order chi connectivity index (χ0) is 14.0. The van der Waals surface area contributed by atoms with Crippen molar-refractivity contribution < 1.29 is 9.21 Å². The summed E-state index contributed by atoms with van der Waals surface area (Å²) in [5.41, 5.74) is 0.589. The maximum absolute atomic E-state index is 12.2. The van der Waals surface area contributed by atoms with E-state index in [1.54, 1.807) is 14.0 Å². The zero-order valence-electron chi connectivity index (χ0n) is 11.2. The minimum Gasteiger partial charge on any atom is -0.464 e. The van der Waals surface area contributed by atoms with E-state index in [0.29, 0.717) is 12.3 Å². The Hall–Kier alpha value is -2.30. The molecule has 2 heterocycles. The Balaban J connectivity index is 2.17. The van der Waals surface area contributed by atoms with E-state index in [1.165, 1.54) is 17.2 Å². The van der Waals surface area contributed by atoms with E-state index in [4.69, 9.17) is 4.42 Å². The van der Waals surface area contributed by atoms with Crippen molar-refractivity contribution in [2.45, 2.75) is 20.4 Å². The van der Waals surface area contributed by atoms with Crippen LogP contribution in [-0.4, -0.2) is 22.8 Å². The molecule has 0 spiro atoms. The third kappa shape index (κ3) is 2.93. The number of H-pyrrole nitrogens is 1. The topological polar surface area (TPSA) is 66.3 Å². The molecule has 0 unspecified atom stereocenters. The minimum absolute atomic E-state index is 0.136. The van der Waals surface area contributed by atoms with Crippen LogP contribution in [0.25, 0.3) is 0 Å². The quantitative estimate of drug-likeness (QED) is 0.916. The van der Waals surface area contributed by atoms with Crippen LogP contribution in [0, 0.1) is 13.8 Å². The molecule has 1 amide bonds. The summed E-state index contributed by atoms with van der Waals surface area (Å²) in [7, 11) is 1.64. The van der Waals surface area contributed by atoms with Crippen molar-refractivity contribution in [3.05, 3.63) is 57.4 Å². The van der Waals surface area contributed by atoms with Crippen LogP contribution in [0.4, 0.5) is 0 Å². The number of furan rings is 1. The van der Waals surface area contributed by atoms with Gasteiger partial charge in [0.15, 0.2) is 5.43 Å². The summed E-state index contributed by atoms with van der Waals surface area (Å²) in [6, 6.07) is 5.07. The Bertz CT molecular complexity index is 655. The normalized spacial score (nSPS) is 10.5. The largest absolute Gasteiger partial charge is 0.464 e. The van der Waals surface area contributed by atoms with Crippen LogP contribution in [0.5, 0.6) is 0 Å². The Morgan fingerprint density at radius 1 is 1.37 bits per heavy atom. The first-order chi connectivity index (χ1) is 8.97. The predicted molar refractivity (Wildman–Crippen MR) is 71.0 cm³/mol. The summed E-state index contributed by atoms with van der Waals surface area (Å²) in [6.07, 6.45) is 1.45. The van der Waals surface area contributed by atoms with Gasteiger partial charge in [0.1, 0.15) is 17.1 Å². The lowest BCUT2D eigenvalue weighted by molar-refractivity contribution is 0.0773. The first kappa shape index (κ1) is 13.1. The molecule has 5 nitrogen and oxygen atoms in total. The Labute approximate surface area is 110 Å². The maximum atomic E-state index is 12.2. The third-order valence-electron chi connectivity index (χ3n) is 2.82. The second kappa shape index (κ2) is 5.14. The first-order valence-electron chi connectivity index (χ1n) is 5.97. The second-order valence-electron chi connectivity index (χ2n) is 4.57. The highest BCUT2D eigenvalue weighted by atomic mass is 16.3. The standard InChI is InChI=1S/C14H16N2O3/c1-9-6-13(17)12(7-15-9)14(18)16(3)8-11-5-4-10(2)19-11/h4-7H,8H2,1-3H3,(H,15,17). The number of aromatic amines is 1. The van der Waals surface area contributed by atoms with E-state index in [9.17, 15) is 9.59 Å². The van der Waals surface area contributed by atoms with E-state index in [1.807, 2.05) is 19.1 Å². The number of aryl methyl sites for hydroxylation is 2. The molecule has 100 valence electrons. The number of amides is 1. The van der Waals surface area contributed by atoms with Crippen LogP contribution in [0.3, 0.4) is 0 Å². The highest BCUT2D eigenvalue weighted by molar-refractivity contribution is 5.93. The van der Waals surface area contributed by atoms with Gasteiger partial charge in [-0.15, -0.1) is 0 Å². The molecule has 2 aromatic heterocycles. The molecular formula is C14H16N2O3. The molecule has 2 aromatic rings. The number of aromatic nitrogens is 1. The number of hydrogen-bond acceptors (Lipinski definition) is 3. The van der Waals surface area contributed by atoms with Gasteiger partial charge in [-0.05, 0) is 26.0 Å². The molecule has 5 heteroatoms. The van der Waals surface area contributed by atoms with Gasteiger partial charge in [-0.2, -0.15) is 0 Å². The lowest BCUT2D eigenvalue weighted by atomic mass is 10.2.